The van der Waals surface area contributed by atoms with Gasteiger partial charge in [0.05, 0.1) is 25.3 Å². The average molecular weight is 711 g/mol. The van der Waals surface area contributed by atoms with Crippen molar-refractivity contribution in [1.82, 2.24) is 0 Å². The van der Waals surface area contributed by atoms with E-state index in [0.717, 1.165) is 39.1 Å². The van der Waals surface area contributed by atoms with Gasteiger partial charge >= 0.3 is 0 Å². The normalized spacial score (nSPS) is 18.5. The van der Waals surface area contributed by atoms with Gasteiger partial charge in [0.25, 0.3) is 11.4 Å². The minimum Gasteiger partial charge on any atom is -0.289 e. The summed E-state index contributed by atoms with van der Waals surface area (Å²) in [4.78, 5) is 37.1. The number of aryl methyl sites for hydroxylation is 1. The van der Waals surface area contributed by atoms with Gasteiger partial charge < -0.3 is 0 Å². The summed E-state index contributed by atoms with van der Waals surface area (Å²) in [6.07, 6.45) is 4.63. The van der Waals surface area contributed by atoms with Crippen molar-refractivity contribution in [1.29, 1.82) is 10.5 Å². The number of nitriles is 2. The van der Waals surface area contributed by atoms with E-state index < -0.39 is 40.1 Å². The first-order valence-corrected chi connectivity index (χ1v) is 17.3. The van der Waals surface area contributed by atoms with E-state index >= 15 is 0 Å². The van der Waals surface area contributed by atoms with Gasteiger partial charge in [0.1, 0.15) is 5.82 Å². The largest absolute Gasteiger partial charge is 0.289 e. The molecule has 0 fully saturated rings. The Bertz CT molecular complexity index is 2430. The highest BCUT2D eigenvalue weighted by Crippen LogP contribution is 2.59. The maximum absolute atomic E-state index is 14.6. The Labute approximate surface area is 298 Å². The molecular weight excluding hydrogens is 690 g/mol. The number of benzene rings is 2. The molecule has 0 unspecified atom stereocenters. The summed E-state index contributed by atoms with van der Waals surface area (Å²) in [5.74, 6) is -4.07. The van der Waals surface area contributed by atoms with Gasteiger partial charge in [0, 0.05) is 58.3 Å². The summed E-state index contributed by atoms with van der Waals surface area (Å²) in [6, 6.07) is 11.9. The number of fused-ring (bicyclic) bond motifs is 5. The van der Waals surface area contributed by atoms with Gasteiger partial charge in [-0.25, -0.2) is 33.4 Å². The van der Waals surface area contributed by atoms with Crippen molar-refractivity contribution in [3.05, 3.63) is 148 Å². The molecule has 0 radical (unpaired) electrons. The van der Waals surface area contributed by atoms with Crippen LogP contribution in [-0.4, -0.2) is 11.6 Å². The van der Waals surface area contributed by atoms with Crippen LogP contribution in [0.25, 0.3) is 42.7 Å². The van der Waals surface area contributed by atoms with Crippen LogP contribution >= 0.6 is 22.7 Å². The van der Waals surface area contributed by atoms with Crippen LogP contribution in [0.5, 0.6) is 0 Å². The number of carbonyl (C=O) groups is 2. The Morgan fingerprint density at radius 2 is 1.14 bits per heavy atom. The summed E-state index contributed by atoms with van der Waals surface area (Å²) in [5.41, 5.74) is 1.80. The molecule has 2 aromatic carbocycles. The average Bonchev–Trinajstić information content (AvgIpc) is 3.89. The van der Waals surface area contributed by atoms with E-state index in [-0.39, 0.29) is 50.2 Å². The molecule has 0 saturated heterocycles. The molecule has 3 aliphatic carbocycles. The molecule has 4 aromatic rings. The summed E-state index contributed by atoms with van der Waals surface area (Å²) in [6.45, 7) is 20.8. The van der Waals surface area contributed by atoms with Crippen molar-refractivity contribution in [2.24, 2.45) is 0 Å². The number of hydrogen-bond donors (Lipinski definition) is 0. The lowest BCUT2D eigenvalue weighted by Gasteiger charge is -2.28. The number of allylic oxidation sites excluding steroid dienone is 6. The Morgan fingerprint density at radius 1 is 0.725 bits per heavy atom. The molecule has 7 rings (SSSR count). The van der Waals surface area contributed by atoms with Crippen LogP contribution < -0.4 is 0 Å². The van der Waals surface area contributed by atoms with E-state index in [9.17, 15) is 33.3 Å². The fourth-order valence-electron chi connectivity index (χ4n) is 7.34. The fourth-order valence-corrected chi connectivity index (χ4v) is 9.90. The number of nitrogens with zero attached hydrogens (tertiary/aromatic N) is 4. The van der Waals surface area contributed by atoms with E-state index in [2.05, 4.69) is 23.5 Å². The van der Waals surface area contributed by atoms with Crippen molar-refractivity contribution >= 4 is 57.5 Å². The molecular formula is C40H21F3N4O2S2. The van der Waals surface area contributed by atoms with E-state index in [0.29, 0.717) is 28.2 Å². The molecule has 0 aliphatic heterocycles. The number of ketones is 2. The highest BCUT2D eigenvalue weighted by molar-refractivity contribution is 7.23. The predicted octanol–water partition coefficient (Wildman–Crippen LogP) is 10.5. The molecule has 0 bridgehead atoms. The molecule has 0 N–H and O–H groups in total. The molecule has 0 atom stereocenters. The lowest BCUT2D eigenvalue weighted by atomic mass is 9.75. The van der Waals surface area contributed by atoms with Gasteiger partial charge in [-0.05, 0) is 96.1 Å². The third-order valence-electron chi connectivity index (χ3n) is 9.84. The summed E-state index contributed by atoms with van der Waals surface area (Å²) in [7, 11) is 0. The van der Waals surface area contributed by atoms with Crippen LogP contribution in [-0.2, 0) is 5.41 Å². The monoisotopic (exact) mass is 710 g/mol. The minimum absolute atomic E-state index is 0.00342. The number of carbonyl (C=O) groups excluding carboxylic acids is 2. The van der Waals surface area contributed by atoms with Gasteiger partial charge in [-0.1, -0.05) is 13.8 Å². The third-order valence-corrected chi connectivity index (χ3v) is 12.2. The molecule has 51 heavy (non-hydrogen) atoms. The second-order valence-electron chi connectivity index (χ2n) is 12.2. The van der Waals surface area contributed by atoms with Crippen LogP contribution in [0.15, 0.2) is 58.9 Å². The molecule has 0 saturated carbocycles. The van der Waals surface area contributed by atoms with Gasteiger partial charge in [-0.15, -0.1) is 22.7 Å². The van der Waals surface area contributed by atoms with Crippen molar-refractivity contribution in [3.8, 4) is 21.9 Å². The molecule has 11 heteroatoms. The summed E-state index contributed by atoms with van der Waals surface area (Å²) >= 11 is 2.82. The molecule has 3 aliphatic rings. The Balaban J connectivity index is 1.38. The first-order chi connectivity index (χ1) is 24.5. The fraction of sp³-hybridized carbons (Fsp3) is 0.150. The lowest BCUT2D eigenvalue weighted by molar-refractivity contribution is 0.103. The van der Waals surface area contributed by atoms with Gasteiger partial charge in [-0.3, -0.25) is 9.59 Å². The van der Waals surface area contributed by atoms with Crippen LogP contribution in [0.4, 0.5) is 13.2 Å². The Morgan fingerprint density at radius 3 is 1.55 bits per heavy atom. The quantitative estimate of drug-likeness (QED) is 0.120. The summed E-state index contributed by atoms with van der Waals surface area (Å²) in [5, 5.41) is 19.5. The number of Topliss-reactive ketones (excluding diaryl/α,β-unsaturated/α-hetero) is 2. The second-order valence-corrected chi connectivity index (χ2v) is 14.4. The van der Waals surface area contributed by atoms with Crippen molar-refractivity contribution in [2.75, 3.05) is 0 Å². The van der Waals surface area contributed by atoms with Crippen LogP contribution in [0.1, 0.15) is 85.0 Å². The van der Waals surface area contributed by atoms with E-state index in [1.54, 1.807) is 25.1 Å². The smallest absolute Gasteiger partial charge is 0.270 e. The Kier molecular flexibility index (Phi) is 7.88. The lowest BCUT2D eigenvalue weighted by Crippen LogP contribution is -2.22. The van der Waals surface area contributed by atoms with Gasteiger partial charge in [-0.2, -0.15) is 0 Å². The first-order valence-electron chi connectivity index (χ1n) is 15.6. The number of hydrogen-bond acceptors (Lipinski definition) is 6. The summed E-state index contributed by atoms with van der Waals surface area (Å²) < 4.78 is 43.1. The SMILES string of the molecule is [C-]#[N+]C(C#N)=C1/C(=C/c2cc3c(s2)-c2sc(/C=C4\C(=O)c5cc(F)c(F)cc5\C4=C(\C#N)[N+]#[C-])cc2C3(CC)CC)C(=O)c2cc(F)c(C)cc21. The molecule has 0 spiro atoms. The molecule has 2 aromatic heterocycles. The van der Waals surface area contributed by atoms with Crippen LogP contribution in [0.2, 0.25) is 0 Å². The maximum atomic E-state index is 14.6. The van der Waals surface area contributed by atoms with Crippen molar-refractivity contribution in [3.63, 3.8) is 0 Å². The molecule has 2 heterocycles. The minimum atomic E-state index is -1.21. The number of thiophene rings is 2. The van der Waals surface area contributed by atoms with Gasteiger partial charge in [0.2, 0.25) is 0 Å². The van der Waals surface area contributed by atoms with Crippen LogP contribution in [0.3, 0.4) is 0 Å². The van der Waals surface area contributed by atoms with Gasteiger partial charge in [0.15, 0.2) is 23.2 Å². The van der Waals surface area contributed by atoms with Crippen molar-refractivity contribution in [2.45, 2.75) is 39.0 Å². The van der Waals surface area contributed by atoms with Crippen LogP contribution in [0, 0.1) is 60.2 Å². The second kappa shape index (κ2) is 12.0. The number of halogens is 3. The third kappa shape index (κ3) is 4.71. The zero-order chi connectivity index (χ0) is 36.5. The zero-order valence-corrected chi connectivity index (χ0v) is 28.7. The van der Waals surface area contributed by atoms with E-state index in [4.69, 9.17) is 13.1 Å². The maximum Gasteiger partial charge on any atom is 0.270 e. The highest BCUT2D eigenvalue weighted by atomic mass is 32.1. The molecule has 6 nitrogen and oxygen atoms in total. The van der Waals surface area contributed by atoms with E-state index in [1.165, 1.54) is 28.7 Å². The molecule has 246 valence electrons. The highest BCUT2D eigenvalue weighted by Gasteiger charge is 2.44. The standard InChI is InChI=1S/C40H21F3N4O2S2/c1-6-40(7-2)27-11-19(9-25-34(32(16-44)46-4)21-8-18(3)29(41)14-23(21)36(25)48)50-38(27)39-28(40)12-20(51-39)10-26-35(33(17-45)47-5)22-13-30(42)31(43)15-24(22)37(26)49/h8-15H,6-7H2,1-3H3/b25-9-,26-10-,34-32?,35-33+. The van der Waals surface area contributed by atoms with E-state index in [1.807, 2.05) is 18.2 Å². The molecule has 0 amide bonds. The topological polar surface area (TPSA) is 90.4 Å². The first kappa shape index (κ1) is 33.4. The Hall–Kier alpha value is -6.11. The predicted molar refractivity (Wildman–Crippen MR) is 189 cm³/mol. The zero-order valence-electron chi connectivity index (χ0n) is 27.1. The number of rotatable bonds is 4. The van der Waals surface area contributed by atoms with Crippen molar-refractivity contribution < 1.29 is 22.8 Å².